The average Bonchev–Trinajstić information content (AvgIpc) is 2.68. The monoisotopic (exact) mass is 359 g/mol. The molecule has 0 saturated carbocycles. The zero-order chi connectivity index (χ0) is 18.9. The van der Waals surface area contributed by atoms with Gasteiger partial charge in [-0.25, -0.2) is 9.97 Å². The summed E-state index contributed by atoms with van der Waals surface area (Å²) in [6.07, 6.45) is 8.62. The van der Waals surface area contributed by atoms with Crippen molar-refractivity contribution in [2.75, 3.05) is 0 Å². The van der Waals surface area contributed by atoms with Crippen LogP contribution in [0.1, 0.15) is 48.1 Å². The molecular formula is C21H21N5O. The highest BCUT2D eigenvalue weighted by Crippen LogP contribution is 2.40. The second-order valence-corrected chi connectivity index (χ2v) is 7.62. The molecular weight excluding hydrogens is 338 g/mol. The van der Waals surface area contributed by atoms with E-state index in [2.05, 4.69) is 34.1 Å². The van der Waals surface area contributed by atoms with Gasteiger partial charge in [-0.2, -0.15) is 0 Å². The fraction of sp³-hybridized carbons (Fsp3) is 0.286. The first-order valence-electron chi connectivity index (χ1n) is 9.00. The molecule has 0 radical (unpaired) electrons. The van der Waals surface area contributed by atoms with Crippen LogP contribution in [0.2, 0.25) is 0 Å². The fourth-order valence-corrected chi connectivity index (χ4v) is 3.54. The maximum Gasteiger partial charge on any atom is 0.270 e. The van der Waals surface area contributed by atoms with Crippen LogP contribution in [0, 0.1) is 5.41 Å². The van der Waals surface area contributed by atoms with Crippen LogP contribution in [0.4, 0.5) is 0 Å². The van der Waals surface area contributed by atoms with Gasteiger partial charge in [0.2, 0.25) is 0 Å². The van der Waals surface area contributed by atoms with Crippen molar-refractivity contribution < 1.29 is 4.79 Å². The molecule has 1 aliphatic carbocycles. The molecule has 3 aromatic rings. The lowest BCUT2D eigenvalue weighted by Gasteiger charge is -2.36. The molecule has 3 heterocycles. The summed E-state index contributed by atoms with van der Waals surface area (Å²) in [5, 5.41) is 3.11. The van der Waals surface area contributed by atoms with Crippen molar-refractivity contribution in [3.8, 4) is 11.4 Å². The summed E-state index contributed by atoms with van der Waals surface area (Å²) in [5.74, 6) is 0.481. The fourth-order valence-electron chi connectivity index (χ4n) is 3.54. The first-order chi connectivity index (χ1) is 13.0. The highest BCUT2D eigenvalue weighted by atomic mass is 16.1. The summed E-state index contributed by atoms with van der Waals surface area (Å²) in [6.45, 7) is 4.39. The number of nitrogens with one attached hydrogen (secondary N) is 1. The van der Waals surface area contributed by atoms with Gasteiger partial charge in [-0.05, 0) is 42.5 Å². The number of rotatable bonds is 3. The molecule has 1 aliphatic rings. The van der Waals surface area contributed by atoms with Crippen LogP contribution in [-0.4, -0.2) is 25.8 Å². The average molecular weight is 359 g/mol. The van der Waals surface area contributed by atoms with E-state index < -0.39 is 0 Å². The maximum absolute atomic E-state index is 12.6. The van der Waals surface area contributed by atoms with E-state index >= 15 is 0 Å². The van der Waals surface area contributed by atoms with Gasteiger partial charge in [-0.3, -0.25) is 14.8 Å². The molecule has 0 aromatic carbocycles. The summed E-state index contributed by atoms with van der Waals surface area (Å²) in [4.78, 5) is 30.2. The van der Waals surface area contributed by atoms with Crippen LogP contribution in [0.3, 0.4) is 0 Å². The molecule has 1 atom stereocenters. The van der Waals surface area contributed by atoms with Crippen LogP contribution in [-0.2, 0) is 6.42 Å². The molecule has 0 aliphatic heterocycles. The van der Waals surface area contributed by atoms with Gasteiger partial charge < -0.3 is 5.32 Å². The van der Waals surface area contributed by atoms with E-state index in [1.54, 1.807) is 30.7 Å². The molecule has 0 bridgehead atoms. The topological polar surface area (TPSA) is 80.7 Å². The van der Waals surface area contributed by atoms with Crippen molar-refractivity contribution >= 4 is 5.91 Å². The Labute approximate surface area is 158 Å². The predicted octanol–water partition coefficient (Wildman–Crippen LogP) is 3.38. The molecule has 27 heavy (non-hydrogen) atoms. The number of amides is 1. The summed E-state index contributed by atoms with van der Waals surface area (Å²) in [6, 6.07) is 9.00. The number of aromatic nitrogens is 4. The number of hydrogen-bond donors (Lipinski definition) is 1. The zero-order valence-corrected chi connectivity index (χ0v) is 15.4. The molecule has 6 heteroatoms. The Morgan fingerprint density at radius 2 is 2.00 bits per heavy atom. The Balaban J connectivity index is 1.66. The molecule has 0 fully saturated rings. The second-order valence-electron chi connectivity index (χ2n) is 7.62. The van der Waals surface area contributed by atoms with Crippen LogP contribution in [0.15, 0.2) is 55.1 Å². The first kappa shape index (κ1) is 17.3. The van der Waals surface area contributed by atoms with E-state index in [0.29, 0.717) is 11.5 Å². The van der Waals surface area contributed by atoms with Crippen molar-refractivity contribution in [1.29, 1.82) is 0 Å². The largest absolute Gasteiger partial charge is 0.344 e. The molecule has 1 amide bonds. The van der Waals surface area contributed by atoms with Gasteiger partial charge in [0.1, 0.15) is 5.69 Å². The smallest absolute Gasteiger partial charge is 0.270 e. The highest BCUT2D eigenvalue weighted by molar-refractivity contribution is 5.92. The van der Waals surface area contributed by atoms with Gasteiger partial charge in [-0.1, -0.05) is 19.9 Å². The summed E-state index contributed by atoms with van der Waals surface area (Å²) in [5.41, 5.74) is 3.28. The van der Waals surface area contributed by atoms with E-state index in [-0.39, 0.29) is 17.4 Å². The van der Waals surface area contributed by atoms with Gasteiger partial charge in [-0.15, -0.1) is 0 Å². The Hall–Kier alpha value is -3.15. The van der Waals surface area contributed by atoms with Gasteiger partial charge in [0.05, 0.1) is 11.7 Å². The number of carbonyl (C=O) groups excluding carboxylic acids is 1. The van der Waals surface area contributed by atoms with Crippen molar-refractivity contribution in [3.05, 3.63) is 72.1 Å². The Morgan fingerprint density at radius 3 is 2.74 bits per heavy atom. The molecule has 6 nitrogen and oxygen atoms in total. The lowest BCUT2D eigenvalue weighted by molar-refractivity contribution is 0.0914. The SMILES string of the molecule is CC1(C)Cc2nc(-c3cccnc3)ncc2[C@@H](NC(=O)c2ccccn2)C1. The lowest BCUT2D eigenvalue weighted by atomic mass is 9.74. The molecule has 1 N–H and O–H groups in total. The van der Waals surface area contributed by atoms with E-state index in [9.17, 15) is 4.79 Å². The Morgan fingerprint density at radius 1 is 1.11 bits per heavy atom. The van der Waals surface area contributed by atoms with Crippen molar-refractivity contribution in [1.82, 2.24) is 25.3 Å². The van der Waals surface area contributed by atoms with Crippen molar-refractivity contribution in [2.45, 2.75) is 32.7 Å². The van der Waals surface area contributed by atoms with Crippen LogP contribution in [0.5, 0.6) is 0 Å². The molecule has 0 unspecified atom stereocenters. The van der Waals surface area contributed by atoms with E-state index in [1.165, 1.54) is 0 Å². The van der Waals surface area contributed by atoms with Gasteiger partial charge in [0.15, 0.2) is 5.82 Å². The number of pyridine rings is 2. The van der Waals surface area contributed by atoms with E-state index in [4.69, 9.17) is 4.98 Å². The van der Waals surface area contributed by atoms with E-state index in [1.807, 2.05) is 24.4 Å². The zero-order valence-electron chi connectivity index (χ0n) is 15.4. The quantitative estimate of drug-likeness (QED) is 0.775. The summed E-state index contributed by atoms with van der Waals surface area (Å²) in [7, 11) is 0. The number of hydrogen-bond acceptors (Lipinski definition) is 5. The number of carbonyl (C=O) groups is 1. The molecule has 3 aromatic heterocycles. The first-order valence-corrected chi connectivity index (χ1v) is 9.00. The van der Waals surface area contributed by atoms with Crippen molar-refractivity contribution in [2.24, 2.45) is 5.41 Å². The summed E-state index contributed by atoms with van der Waals surface area (Å²) < 4.78 is 0. The maximum atomic E-state index is 12.6. The van der Waals surface area contributed by atoms with Gasteiger partial charge in [0.25, 0.3) is 5.91 Å². The third kappa shape index (κ3) is 3.69. The Kier molecular flexibility index (Phi) is 4.39. The van der Waals surface area contributed by atoms with Crippen molar-refractivity contribution in [3.63, 3.8) is 0 Å². The normalized spacial score (nSPS) is 17.8. The third-order valence-electron chi connectivity index (χ3n) is 4.80. The number of nitrogens with zero attached hydrogens (tertiary/aromatic N) is 4. The standard InChI is InChI=1S/C21H21N5O/c1-21(2)10-17-15(13-24-19(25-17)14-6-5-8-22-12-14)18(11-21)26-20(27)16-7-3-4-9-23-16/h3-9,12-13,18H,10-11H2,1-2H3,(H,26,27)/t18-/m0/s1. The lowest BCUT2D eigenvalue weighted by Crippen LogP contribution is -2.37. The molecule has 0 saturated heterocycles. The van der Waals surface area contributed by atoms with Gasteiger partial charge in [0, 0.05) is 35.9 Å². The van der Waals surface area contributed by atoms with Crippen LogP contribution >= 0.6 is 0 Å². The second kappa shape index (κ2) is 6.87. The predicted molar refractivity (Wildman–Crippen MR) is 102 cm³/mol. The van der Waals surface area contributed by atoms with E-state index in [0.717, 1.165) is 29.7 Å². The Bertz CT molecular complexity index is 957. The highest BCUT2D eigenvalue weighted by Gasteiger charge is 2.34. The third-order valence-corrected chi connectivity index (χ3v) is 4.80. The van der Waals surface area contributed by atoms with Crippen LogP contribution < -0.4 is 5.32 Å². The minimum atomic E-state index is -0.180. The van der Waals surface area contributed by atoms with Gasteiger partial charge >= 0.3 is 0 Å². The molecule has 0 spiro atoms. The molecule has 136 valence electrons. The number of fused-ring (bicyclic) bond motifs is 1. The minimum absolute atomic E-state index is 0.0234. The molecule has 4 rings (SSSR count). The minimum Gasteiger partial charge on any atom is -0.344 e. The van der Waals surface area contributed by atoms with Crippen LogP contribution in [0.25, 0.3) is 11.4 Å². The summed E-state index contributed by atoms with van der Waals surface area (Å²) >= 11 is 0.